The van der Waals surface area contributed by atoms with Gasteiger partial charge in [0.05, 0.1) is 0 Å². The third kappa shape index (κ3) is 51.7. The van der Waals surface area contributed by atoms with Gasteiger partial charge in [-0.2, -0.15) is 0 Å². The van der Waals surface area contributed by atoms with Gasteiger partial charge in [0.1, 0.15) is 13.2 Å². The molecule has 0 aromatic heterocycles. The summed E-state index contributed by atoms with van der Waals surface area (Å²) in [5.74, 6) is -0.949. The molecule has 0 aliphatic rings. The van der Waals surface area contributed by atoms with Crippen molar-refractivity contribution in [3.63, 3.8) is 0 Å². The molecule has 6 nitrogen and oxygen atoms in total. The lowest BCUT2D eigenvalue weighted by atomic mass is 10.1. The van der Waals surface area contributed by atoms with E-state index < -0.39 is 6.10 Å². The van der Waals surface area contributed by atoms with Crippen LogP contribution in [0.15, 0.2) is 72.9 Å². The third-order valence-electron chi connectivity index (χ3n) is 11.7. The normalized spacial score (nSPS) is 12.6. The molecule has 1 atom stereocenters. The Kier molecular flexibility index (Phi) is 50.9. The number of hydrogen-bond donors (Lipinski definition) is 0. The Bertz CT molecular complexity index is 1230. The van der Waals surface area contributed by atoms with Crippen LogP contribution in [0.5, 0.6) is 0 Å². The number of carbonyl (C=O) groups is 3. The fourth-order valence-corrected chi connectivity index (χ4v) is 7.47. The van der Waals surface area contributed by atoms with Crippen molar-refractivity contribution in [1.29, 1.82) is 0 Å². The van der Waals surface area contributed by atoms with Crippen molar-refractivity contribution < 1.29 is 28.6 Å². The van der Waals surface area contributed by atoms with Gasteiger partial charge in [0.25, 0.3) is 0 Å². The number of ether oxygens (including phenoxy) is 3. The van der Waals surface area contributed by atoms with Crippen molar-refractivity contribution in [3.8, 4) is 0 Å². The number of rotatable bonds is 49. The van der Waals surface area contributed by atoms with Crippen LogP contribution in [-0.2, 0) is 28.6 Å². The Hall–Kier alpha value is -3.15. The molecule has 0 fully saturated rings. The summed E-state index contributed by atoms with van der Waals surface area (Å²) >= 11 is 0. The largest absolute Gasteiger partial charge is 0.462 e. The summed E-state index contributed by atoms with van der Waals surface area (Å²) in [7, 11) is 0. The fourth-order valence-electron chi connectivity index (χ4n) is 7.47. The van der Waals surface area contributed by atoms with Gasteiger partial charge in [0, 0.05) is 19.3 Å². The van der Waals surface area contributed by atoms with E-state index >= 15 is 0 Å². The average molecular weight is 907 g/mol. The molecule has 0 spiro atoms. The van der Waals surface area contributed by atoms with Crippen LogP contribution in [0.2, 0.25) is 0 Å². The molecule has 65 heavy (non-hydrogen) atoms. The maximum Gasteiger partial charge on any atom is 0.306 e. The Morgan fingerprint density at radius 2 is 0.554 bits per heavy atom. The quantitative estimate of drug-likeness (QED) is 0.0262. The molecule has 6 heteroatoms. The van der Waals surface area contributed by atoms with Gasteiger partial charge in [-0.25, -0.2) is 0 Å². The van der Waals surface area contributed by atoms with Crippen LogP contribution in [-0.4, -0.2) is 37.2 Å². The maximum absolute atomic E-state index is 12.8. The van der Waals surface area contributed by atoms with E-state index in [0.717, 1.165) is 96.3 Å². The van der Waals surface area contributed by atoms with Crippen molar-refractivity contribution >= 4 is 17.9 Å². The lowest BCUT2D eigenvalue weighted by Crippen LogP contribution is -2.30. The van der Waals surface area contributed by atoms with Gasteiger partial charge in [-0.3, -0.25) is 14.4 Å². The maximum atomic E-state index is 12.8. The molecule has 0 aromatic rings. The van der Waals surface area contributed by atoms with Crippen molar-refractivity contribution in [2.24, 2.45) is 0 Å². The summed E-state index contributed by atoms with van der Waals surface area (Å²) in [5, 5.41) is 0. The molecule has 374 valence electrons. The average Bonchev–Trinajstić information content (AvgIpc) is 3.30. The zero-order valence-corrected chi connectivity index (χ0v) is 42.7. The summed E-state index contributed by atoms with van der Waals surface area (Å²) in [6.45, 7) is 6.54. The van der Waals surface area contributed by atoms with Crippen LogP contribution >= 0.6 is 0 Å². The van der Waals surface area contributed by atoms with Crippen LogP contribution in [0.25, 0.3) is 0 Å². The lowest BCUT2D eigenvalue weighted by molar-refractivity contribution is -0.167. The first-order chi connectivity index (χ1) is 32.0. The topological polar surface area (TPSA) is 78.9 Å². The molecule has 0 rings (SSSR count). The van der Waals surface area contributed by atoms with E-state index in [1.54, 1.807) is 0 Å². The molecular weight excluding hydrogens is 805 g/mol. The standard InChI is InChI=1S/C59H102O6/c1-4-7-10-13-16-19-22-25-28-29-32-34-37-40-43-46-49-52-58(61)64-55-56(65-59(62)53-50-47-44-41-38-35-31-27-24-21-18-15-12-9-6-3)54-63-57(60)51-48-45-42-39-36-33-30-26-23-20-17-14-11-8-5-2/h17-18,20-21,25-28,30-31,36,39,56H,4-16,19,22-24,29,32-35,37-38,40-55H2,1-3H3/b20-17-,21-18-,28-25-,30-26-,31-27-,39-36-/t56-/m1/s1. The van der Waals surface area contributed by atoms with Crippen molar-refractivity contribution in [2.45, 2.75) is 271 Å². The number of esters is 3. The Balaban J connectivity index is 4.46. The highest BCUT2D eigenvalue weighted by molar-refractivity contribution is 5.71. The zero-order valence-electron chi connectivity index (χ0n) is 42.7. The highest BCUT2D eigenvalue weighted by atomic mass is 16.6. The van der Waals surface area contributed by atoms with E-state index in [0.29, 0.717) is 19.3 Å². The second-order valence-electron chi connectivity index (χ2n) is 18.1. The van der Waals surface area contributed by atoms with Crippen molar-refractivity contribution in [2.75, 3.05) is 13.2 Å². The first-order valence-electron chi connectivity index (χ1n) is 27.4. The number of allylic oxidation sites excluding steroid dienone is 12. The van der Waals surface area contributed by atoms with E-state index in [1.807, 2.05) is 0 Å². The van der Waals surface area contributed by atoms with Gasteiger partial charge in [0.15, 0.2) is 6.10 Å². The minimum Gasteiger partial charge on any atom is -0.462 e. The highest BCUT2D eigenvalue weighted by Gasteiger charge is 2.19. The Morgan fingerprint density at radius 3 is 0.938 bits per heavy atom. The molecule has 0 saturated carbocycles. The monoisotopic (exact) mass is 907 g/mol. The smallest absolute Gasteiger partial charge is 0.306 e. The molecule has 0 amide bonds. The first kappa shape index (κ1) is 61.9. The van der Waals surface area contributed by atoms with Crippen LogP contribution in [0.3, 0.4) is 0 Å². The molecule has 0 heterocycles. The van der Waals surface area contributed by atoms with Crippen LogP contribution in [0.1, 0.15) is 265 Å². The summed E-state index contributed by atoms with van der Waals surface area (Å²) in [6, 6.07) is 0. The van der Waals surface area contributed by atoms with E-state index in [1.165, 1.54) is 128 Å². The minimum atomic E-state index is -0.800. The molecular formula is C59H102O6. The molecule has 0 unspecified atom stereocenters. The SMILES string of the molecule is CCCCC/C=C\C/C=C\C/C=C\CCCCC(=O)OC[C@H](COC(=O)CCCCCCCCC/C=C\CCCCCCCC)OC(=O)CCCCCCC/C=C\C/C=C\CCCCC. The van der Waals surface area contributed by atoms with Gasteiger partial charge >= 0.3 is 17.9 Å². The number of carbonyl (C=O) groups excluding carboxylic acids is 3. The van der Waals surface area contributed by atoms with Crippen molar-refractivity contribution in [3.05, 3.63) is 72.9 Å². The Labute approximate surface area is 402 Å². The summed E-state index contributed by atoms with van der Waals surface area (Å²) in [6.07, 6.45) is 67.4. The van der Waals surface area contributed by atoms with Crippen LogP contribution in [0, 0.1) is 0 Å². The lowest BCUT2D eigenvalue weighted by Gasteiger charge is -2.18. The minimum absolute atomic E-state index is 0.0953. The fraction of sp³-hybridized carbons (Fsp3) is 0.746. The molecule has 0 saturated heterocycles. The number of hydrogen-bond acceptors (Lipinski definition) is 6. The predicted octanol–water partition coefficient (Wildman–Crippen LogP) is 18.2. The predicted molar refractivity (Wildman–Crippen MR) is 279 cm³/mol. The van der Waals surface area contributed by atoms with E-state index in [4.69, 9.17) is 14.2 Å². The van der Waals surface area contributed by atoms with Crippen LogP contribution in [0.4, 0.5) is 0 Å². The zero-order chi connectivity index (χ0) is 47.2. The Morgan fingerprint density at radius 1 is 0.308 bits per heavy atom. The summed E-state index contributed by atoms with van der Waals surface area (Å²) in [5.41, 5.74) is 0. The second kappa shape index (κ2) is 53.5. The third-order valence-corrected chi connectivity index (χ3v) is 11.7. The number of unbranched alkanes of at least 4 members (excludes halogenated alkanes) is 26. The molecule has 0 aliphatic carbocycles. The molecule has 0 N–H and O–H groups in total. The van der Waals surface area contributed by atoms with Gasteiger partial charge in [-0.15, -0.1) is 0 Å². The van der Waals surface area contributed by atoms with E-state index in [9.17, 15) is 14.4 Å². The molecule has 0 aromatic carbocycles. The summed E-state index contributed by atoms with van der Waals surface area (Å²) in [4.78, 5) is 38.1. The summed E-state index contributed by atoms with van der Waals surface area (Å²) < 4.78 is 16.8. The second-order valence-corrected chi connectivity index (χ2v) is 18.1. The van der Waals surface area contributed by atoms with E-state index in [-0.39, 0.29) is 31.1 Å². The molecule has 0 bridgehead atoms. The van der Waals surface area contributed by atoms with Gasteiger partial charge in [-0.05, 0) is 116 Å². The van der Waals surface area contributed by atoms with Crippen molar-refractivity contribution in [1.82, 2.24) is 0 Å². The first-order valence-corrected chi connectivity index (χ1v) is 27.4. The van der Waals surface area contributed by atoms with Gasteiger partial charge in [-0.1, -0.05) is 203 Å². The molecule has 0 radical (unpaired) electrons. The molecule has 0 aliphatic heterocycles. The highest BCUT2D eigenvalue weighted by Crippen LogP contribution is 2.14. The van der Waals surface area contributed by atoms with Gasteiger partial charge in [0.2, 0.25) is 0 Å². The van der Waals surface area contributed by atoms with E-state index in [2.05, 4.69) is 93.7 Å². The van der Waals surface area contributed by atoms with Crippen LogP contribution < -0.4 is 0 Å². The van der Waals surface area contributed by atoms with Gasteiger partial charge < -0.3 is 14.2 Å².